The zero-order chi connectivity index (χ0) is 37.2. The van der Waals surface area contributed by atoms with Crippen molar-refractivity contribution in [3.8, 4) is 22.6 Å². The fourth-order valence-electron chi connectivity index (χ4n) is 7.36. The number of carbonyl (C=O) groups is 1. The van der Waals surface area contributed by atoms with Crippen molar-refractivity contribution in [1.29, 1.82) is 0 Å². The summed E-state index contributed by atoms with van der Waals surface area (Å²) in [6.45, 7) is 23.3. The number of carbonyl (C=O) groups excluding carboxylic acids is 1. The number of pyridine rings is 1. The molecule has 3 aromatic heterocycles. The molecular weight excluding hydrogens is 823 g/mol. The molecule has 0 unspecified atom stereocenters. The predicted molar refractivity (Wildman–Crippen MR) is 213 cm³/mol. The Kier molecular flexibility index (Phi) is 13.2. The van der Waals surface area contributed by atoms with Gasteiger partial charge in [0.2, 0.25) is 0 Å². The van der Waals surface area contributed by atoms with Crippen molar-refractivity contribution in [3.63, 3.8) is 0 Å². The van der Waals surface area contributed by atoms with Crippen LogP contribution in [0.2, 0.25) is 0 Å². The van der Waals surface area contributed by atoms with Crippen molar-refractivity contribution in [2.24, 2.45) is 11.8 Å². The van der Waals surface area contributed by atoms with Crippen LogP contribution in [0.3, 0.4) is 0 Å². The van der Waals surface area contributed by atoms with Gasteiger partial charge >= 0.3 is 0 Å². The molecular formula is C46H54IrNO4-. The molecule has 0 saturated heterocycles. The summed E-state index contributed by atoms with van der Waals surface area (Å²) in [7, 11) is 0. The van der Waals surface area contributed by atoms with E-state index in [0.29, 0.717) is 0 Å². The van der Waals surface area contributed by atoms with Gasteiger partial charge in [-0.1, -0.05) is 95.3 Å². The number of allylic oxidation sites excluding steroid dienone is 2. The zero-order valence-corrected chi connectivity index (χ0v) is 35.1. The van der Waals surface area contributed by atoms with Crippen molar-refractivity contribution in [2.75, 3.05) is 0 Å². The third-order valence-electron chi connectivity index (χ3n) is 10.3. The van der Waals surface area contributed by atoms with E-state index in [2.05, 4.69) is 97.0 Å². The van der Waals surface area contributed by atoms with E-state index in [1.807, 2.05) is 40.0 Å². The maximum absolute atomic E-state index is 11.7. The van der Waals surface area contributed by atoms with E-state index in [0.717, 1.165) is 81.3 Å². The Morgan fingerprint density at radius 3 is 2.04 bits per heavy atom. The van der Waals surface area contributed by atoms with Crippen molar-refractivity contribution >= 4 is 38.7 Å². The van der Waals surface area contributed by atoms with Crippen molar-refractivity contribution in [3.05, 3.63) is 100 Å². The number of aromatic nitrogens is 1. The first kappa shape index (κ1) is 40.8. The number of nitrogens with zero attached hydrogens (tertiary/aromatic N) is 1. The number of aliphatic hydroxyl groups is 1. The van der Waals surface area contributed by atoms with Gasteiger partial charge in [0, 0.05) is 61.0 Å². The monoisotopic (exact) mass is 877 g/mol. The number of furan rings is 2. The fraction of sp³-hybridized carbons (Fsp3) is 0.391. The molecule has 277 valence electrons. The molecule has 6 aromatic rings. The Morgan fingerprint density at radius 1 is 0.827 bits per heavy atom. The molecule has 0 aliphatic rings. The van der Waals surface area contributed by atoms with Gasteiger partial charge in [-0.15, -0.1) is 29.1 Å². The predicted octanol–water partition coefficient (Wildman–Crippen LogP) is 13.3. The summed E-state index contributed by atoms with van der Waals surface area (Å²) in [5.41, 5.74) is 11.1. The quantitative estimate of drug-likeness (QED) is 0.0889. The topological polar surface area (TPSA) is 76.5 Å². The molecule has 5 nitrogen and oxygen atoms in total. The molecule has 0 saturated carbocycles. The maximum atomic E-state index is 11.7. The molecule has 3 heterocycles. The van der Waals surface area contributed by atoms with Crippen LogP contribution in [-0.4, -0.2) is 15.9 Å². The third kappa shape index (κ3) is 8.14. The largest absolute Gasteiger partial charge is 0.512 e. The summed E-state index contributed by atoms with van der Waals surface area (Å²) >= 11 is 0. The van der Waals surface area contributed by atoms with Crippen LogP contribution >= 0.6 is 0 Å². The van der Waals surface area contributed by atoms with Gasteiger partial charge in [0.15, 0.2) is 16.9 Å². The Bertz CT molecular complexity index is 2200. The van der Waals surface area contributed by atoms with E-state index in [1.165, 1.54) is 33.7 Å². The van der Waals surface area contributed by atoms with Gasteiger partial charge in [-0.05, 0) is 76.0 Å². The van der Waals surface area contributed by atoms with Crippen LogP contribution in [0, 0.1) is 45.6 Å². The molecule has 52 heavy (non-hydrogen) atoms. The Hall–Kier alpha value is -3.99. The van der Waals surface area contributed by atoms with Crippen molar-refractivity contribution in [2.45, 2.75) is 107 Å². The molecule has 0 fully saturated rings. The van der Waals surface area contributed by atoms with E-state index >= 15 is 0 Å². The second kappa shape index (κ2) is 16.8. The summed E-state index contributed by atoms with van der Waals surface area (Å²) in [4.78, 5) is 16.5. The standard InChI is InChI=1S/C33H30NO2.C13H24O2.Ir/c1-18-14-19(2)27(20(3)15-18)29-21(4)30-32(35-29)25-12-13-34-28(31(25)36-30)23-16-22-10-8-9-11-24(22)26(17-23)33(5,6)7;1-5-10(6-2)12(14)9-13(15)11(7-3)8-4;/h8-15,17H,1-7H3;9-11,14H,5-8H2,1-4H3;/q-1;;/b;12-9-;. The minimum Gasteiger partial charge on any atom is -0.512 e. The van der Waals surface area contributed by atoms with Crippen LogP contribution < -0.4 is 0 Å². The number of aliphatic hydroxyl groups excluding tert-OH is 1. The smallest absolute Gasteiger partial charge is 0.180 e. The first-order valence-electron chi connectivity index (χ1n) is 18.5. The van der Waals surface area contributed by atoms with E-state index in [-0.39, 0.29) is 48.9 Å². The Balaban J connectivity index is 0.000000323. The first-order valence-corrected chi connectivity index (χ1v) is 18.5. The molecule has 0 amide bonds. The summed E-state index contributed by atoms with van der Waals surface area (Å²) in [5, 5.41) is 13.0. The summed E-state index contributed by atoms with van der Waals surface area (Å²) < 4.78 is 13.1. The molecule has 3 aromatic carbocycles. The number of fused-ring (bicyclic) bond motifs is 4. The third-order valence-corrected chi connectivity index (χ3v) is 10.3. The van der Waals surface area contributed by atoms with Crippen LogP contribution in [0.4, 0.5) is 0 Å². The number of aryl methyl sites for hydroxylation is 4. The maximum Gasteiger partial charge on any atom is 0.180 e. The summed E-state index contributed by atoms with van der Waals surface area (Å²) in [6, 6.07) is 20.6. The Labute approximate surface area is 323 Å². The molecule has 0 atom stereocenters. The van der Waals surface area contributed by atoms with Gasteiger partial charge in [0.25, 0.3) is 0 Å². The minimum atomic E-state index is -0.0244. The van der Waals surface area contributed by atoms with Crippen LogP contribution in [0.5, 0.6) is 0 Å². The average Bonchev–Trinajstić information content (AvgIpc) is 3.60. The summed E-state index contributed by atoms with van der Waals surface area (Å²) in [6.07, 6.45) is 6.75. The van der Waals surface area contributed by atoms with Crippen LogP contribution in [-0.2, 0) is 30.3 Å². The minimum absolute atomic E-state index is 0. The van der Waals surface area contributed by atoms with Gasteiger partial charge < -0.3 is 13.9 Å². The number of hydrogen-bond acceptors (Lipinski definition) is 5. The van der Waals surface area contributed by atoms with E-state index in [9.17, 15) is 9.90 Å². The molecule has 6 heteroatoms. The number of rotatable bonds is 9. The van der Waals surface area contributed by atoms with Crippen molar-refractivity contribution < 1.29 is 38.8 Å². The van der Waals surface area contributed by atoms with Gasteiger partial charge in [-0.2, -0.15) is 0 Å². The van der Waals surface area contributed by atoms with Gasteiger partial charge in [-0.25, -0.2) is 0 Å². The second-order valence-electron chi connectivity index (χ2n) is 15.0. The van der Waals surface area contributed by atoms with E-state index in [4.69, 9.17) is 13.8 Å². The molecule has 0 spiro atoms. The number of ketones is 1. The normalized spacial score (nSPS) is 12.1. The van der Waals surface area contributed by atoms with Gasteiger partial charge in [0.1, 0.15) is 11.3 Å². The molecule has 0 bridgehead atoms. The zero-order valence-electron chi connectivity index (χ0n) is 32.7. The average molecular weight is 877 g/mol. The summed E-state index contributed by atoms with van der Waals surface area (Å²) in [5.74, 6) is 1.43. The van der Waals surface area contributed by atoms with Gasteiger partial charge in [-0.3, -0.25) is 9.78 Å². The number of benzene rings is 3. The van der Waals surface area contributed by atoms with E-state index < -0.39 is 0 Å². The van der Waals surface area contributed by atoms with Crippen molar-refractivity contribution in [1.82, 2.24) is 4.98 Å². The second-order valence-corrected chi connectivity index (χ2v) is 15.0. The molecule has 6 rings (SSSR count). The van der Waals surface area contributed by atoms with Gasteiger partial charge in [0.05, 0.1) is 11.1 Å². The van der Waals surface area contributed by atoms with Crippen LogP contribution in [0.1, 0.15) is 102 Å². The molecule has 1 radical (unpaired) electrons. The fourth-order valence-corrected chi connectivity index (χ4v) is 7.36. The Morgan fingerprint density at radius 2 is 1.44 bits per heavy atom. The van der Waals surface area contributed by atoms with E-state index in [1.54, 1.807) is 0 Å². The van der Waals surface area contributed by atoms with Crippen LogP contribution in [0.25, 0.3) is 55.5 Å². The number of hydrogen-bond donors (Lipinski definition) is 1. The molecule has 0 aliphatic carbocycles. The SMILES string of the molecule is CCC(CC)C(=O)/C=C(\O)C(CC)CC.Cc1cc(C)c(-c2oc3c(oc4c(-c5[c-]c6ccccc6c(C(C)(C)C)c5)nccc43)c2C)c(C)c1.[Ir]. The molecule has 1 N–H and O–H groups in total. The van der Waals surface area contributed by atoms with Crippen LogP contribution in [0.15, 0.2) is 75.4 Å². The molecule has 0 aliphatic heterocycles. The first-order chi connectivity index (χ1) is 24.2.